The fourth-order valence-electron chi connectivity index (χ4n) is 2.55. The Hall–Kier alpha value is -0.810. The second kappa shape index (κ2) is 4.63. The molecule has 3 nitrogen and oxygen atoms in total. The van der Waals surface area contributed by atoms with Crippen molar-refractivity contribution in [3.05, 3.63) is 50.7 Å². The van der Waals surface area contributed by atoms with Crippen molar-refractivity contribution in [3.8, 4) is 5.75 Å². The van der Waals surface area contributed by atoms with E-state index >= 15 is 0 Å². The van der Waals surface area contributed by atoms with Crippen LogP contribution in [0.2, 0.25) is 0 Å². The van der Waals surface area contributed by atoms with Crippen LogP contribution in [0, 0.1) is 0 Å². The molecule has 1 aromatic carbocycles. The zero-order valence-corrected chi connectivity index (χ0v) is 12.5. The number of aliphatic hydroxyl groups is 1. The first-order valence-corrected chi connectivity index (χ1v) is 7.19. The molecule has 2 aliphatic rings. The summed E-state index contributed by atoms with van der Waals surface area (Å²) >= 11 is 9.52. The maximum absolute atomic E-state index is 9.81. The first-order valence-electron chi connectivity index (χ1n) is 6.02. The summed E-state index contributed by atoms with van der Waals surface area (Å²) in [7, 11) is 0. The molecule has 0 aromatic heterocycles. The summed E-state index contributed by atoms with van der Waals surface area (Å²) in [4.78, 5) is 0. The van der Waals surface area contributed by atoms with Gasteiger partial charge < -0.3 is 15.6 Å². The molecule has 3 rings (SSSR count). The highest BCUT2D eigenvalue weighted by Crippen LogP contribution is 2.45. The van der Waals surface area contributed by atoms with Gasteiger partial charge in [0.15, 0.2) is 0 Å². The van der Waals surface area contributed by atoms with Crippen LogP contribution in [-0.2, 0) is 5.54 Å². The van der Waals surface area contributed by atoms with E-state index in [-0.39, 0.29) is 6.61 Å². The van der Waals surface area contributed by atoms with E-state index in [0.29, 0.717) is 12.2 Å². The van der Waals surface area contributed by atoms with Crippen molar-refractivity contribution in [2.75, 3.05) is 6.61 Å². The third-order valence-electron chi connectivity index (χ3n) is 3.58. The average Bonchev–Trinajstić information content (AvgIpc) is 2.41. The number of benzene rings is 1. The summed E-state index contributed by atoms with van der Waals surface area (Å²) in [5.41, 5.74) is 7.02. The number of allylic oxidation sites excluding steroid dienone is 2. The summed E-state index contributed by atoms with van der Waals surface area (Å²) in [6.45, 7) is -0.195. The van der Waals surface area contributed by atoms with Gasteiger partial charge in [0.05, 0.1) is 12.1 Å². The van der Waals surface area contributed by atoms with Crippen molar-refractivity contribution in [1.82, 2.24) is 0 Å². The van der Waals surface area contributed by atoms with E-state index in [0.717, 1.165) is 32.8 Å². The van der Waals surface area contributed by atoms with Crippen molar-refractivity contribution >= 4 is 27.5 Å². The minimum atomic E-state index is -0.965. The normalized spacial score (nSPS) is 25.4. The van der Waals surface area contributed by atoms with E-state index in [1.54, 1.807) is 0 Å². The van der Waals surface area contributed by atoms with Crippen LogP contribution in [0.25, 0.3) is 0 Å². The van der Waals surface area contributed by atoms with Gasteiger partial charge >= 0.3 is 0 Å². The molecular formula is C14H13BrClNO2. The molecule has 0 saturated carbocycles. The van der Waals surface area contributed by atoms with Crippen molar-refractivity contribution in [1.29, 1.82) is 0 Å². The molecule has 1 heterocycles. The monoisotopic (exact) mass is 341 g/mol. The van der Waals surface area contributed by atoms with Crippen molar-refractivity contribution in [2.24, 2.45) is 5.73 Å². The van der Waals surface area contributed by atoms with Gasteiger partial charge in [0.1, 0.15) is 11.5 Å². The quantitative estimate of drug-likeness (QED) is 0.824. The lowest BCUT2D eigenvalue weighted by atomic mass is 9.79. The van der Waals surface area contributed by atoms with Crippen molar-refractivity contribution in [3.63, 3.8) is 0 Å². The Labute approximate surface area is 124 Å². The zero-order valence-electron chi connectivity index (χ0n) is 10.1. The topological polar surface area (TPSA) is 55.5 Å². The number of fused-ring (bicyclic) bond motifs is 1. The van der Waals surface area contributed by atoms with Crippen LogP contribution in [0.15, 0.2) is 45.1 Å². The van der Waals surface area contributed by atoms with Crippen LogP contribution < -0.4 is 10.5 Å². The number of halogens is 2. The van der Waals surface area contributed by atoms with E-state index in [2.05, 4.69) is 15.9 Å². The lowest BCUT2D eigenvalue weighted by molar-refractivity contribution is 0.204. The van der Waals surface area contributed by atoms with E-state index in [4.69, 9.17) is 22.1 Å². The Balaban J connectivity index is 2.22. The Morgan fingerprint density at radius 3 is 2.95 bits per heavy atom. The van der Waals surface area contributed by atoms with Crippen molar-refractivity contribution < 1.29 is 9.84 Å². The Bertz CT molecular complexity index is 611. The summed E-state index contributed by atoms with van der Waals surface area (Å²) in [6, 6.07) is 5.64. The van der Waals surface area contributed by atoms with Gasteiger partial charge in [0.25, 0.3) is 0 Å². The van der Waals surface area contributed by atoms with Crippen LogP contribution in [0.3, 0.4) is 0 Å². The third kappa shape index (κ3) is 2.03. The molecule has 0 radical (unpaired) electrons. The van der Waals surface area contributed by atoms with Gasteiger partial charge in [-0.05, 0) is 30.7 Å². The smallest absolute Gasteiger partial charge is 0.132 e. The van der Waals surface area contributed by atoms with Gasteiger partial charge in [-0.15, -0.1) is 0 Å². The highest BCUT2D eigenvalue weighted by Gasteiger charge is 2.40. The SMILES string of the molecule is NC1(CO)C2=C(CCC(Cl)=C2)Oc2ccc(Br)cc21. The molecule has 1 atom stereocenters. The molecule has 1 aliphatic carbocycles. The zero-order chi connectivity index (χ0) is 13.6. The number of aliphatic hydroxyl groups excluding tert-OH is 1. The number of rotatable bonds is 1. The predicted molar refractivity (Wildman–Crippen MR) is 77.9 cm³/mol. The molecule has 0 amide bonds. The molecule has 0 fully saturated rings. The minimum Gasteiger partial charge on any atom is -0.461 e. The highest BCUT2D eigenvalue weighted by molar-refractivity contribution is 9.10. The van der Waals surface area contributed by atoms with Gasteiger partial charge in [0, 0.05) is 27.1 Å². The second-order valence-electron chi connectivity index (χ2n) is 4.80. The molecule has 0 bridgehead atoms. The van der Waals surface area contributed by atoms with Crippen LogP contribution in [0.4, 0.5) is 0 Å². The van der Waals surface area contributed by atoms with Gasteiger partial charge in [-0.2, -0.15) is 0 Å². The van der Waals surface area contributed by atoms with E-state index in [1.165, 1.54) is 0 Å². The maximum atomic E-state index is 9.81. The number of hydrogen-bond donors (Lipinski definition) is 2. The first kappa shape index (κ1) is 13.2. The second-order valence-corrected chi connectivity index (χ2v) is 6.20. The summed E-state index contributed by atoms with van der Waals surface area (Å²) < 4.78 is 6.80. The lowest BCUT2D eigenvalue weighted by Gasteiger charge is -2.38. The Morgan fingerprint density at radius 1 is 1.42 bits per heavy atom. The Kier molecular flexibility index (Phi) is 3.21. The minimum absolute atomic E-state index is 0.195. The average molecular weight is 343 g/mol. The predicted octanol–water partition coefficient (Wildman–Crippen LogP) is 3.16. The van der Waals surface area contributed by atoms with E-state index in [1.807, 2.05) is 24.3 Å². The molecule has 19 heavy (non-hydrogen) atoms. The number of ether oxygens (including phenoxy) is 1. The van der Waals surface area contributed by atoms with Gasteiger partial charge in [0.2, 0.25) is 0 Å². The lowest BCUT2D eigenvalue weighted by Crippen LogP contribution is -2.45. The van der Waals surface area contributed by atoms with Gasteiger partial charge in [-0.25, -0.2) is 0 Å². The number of nitrogens with two attached hydrogens (primary N) is 1. The third-order valence-corrected chi connectivity index (χ3v) is 4.37. The molecule has 1 aromatic rings. The molecule has 1 aliphatic heterocycles. The summed E-state index contributed by atoms with van der Waals surface area (Å²) in [6.07, 6.45) is 3.27. The van der Waals surface area contributed by atoms with Gasteiger partial charge in [-0.1, -0.05) is 27.5 Å². The van der Waals surface area contributed by atoms with Crippen LogP contribution >= 0.6 is 27.5 Å². The molecule has 1 unspecified atom stereocenters. The number of hydrogen-bond acceptors (Lipinski definition) is 3. The maximum Gasteiger partial charge on any atom is 0.132 e. The van der Waals surface area contributed by atoms with Crippen LogP contribution in [0.5, 0.6) is 5.75 Å². The molecule has 100 valence electrons. The fourth-order valence-corrected chi connectivity index (χ4v) is 3.11. The Morgan fingerprint density at radius 2 is 2.21 bits per heavy atom. The van der Waals surface area contributed by atoms with Crippen LogP contribution in [0.1, 0.15) is 18.4 Å². The highest BCUT2D eigenvalue weighted by atomic mass is 79.9. The first-order chi connectivity index (χ1) is 9.04. The van der Waals surface area contributed by atoms with Crippen molar-refractivity contribution in [2.45, 2.75) is 18.4 Å². The van der Waals surface area contributed by atoms with E-state index < -0.39 is 5.54 Å². The molecular weight excluding hydrogens is 330 g/mol. The summed E-state index contributed by atoms with van der Waals surface area (Å²) in [5.74, 6) is 1.50. The summed E-state index contributed by atoms with van der Waals surface area (Å²) in [5, 5.41) is 10.6. The van der Waals surface area contributed by atoms with E-state index in [9.17, 15) is 5.11 Å². The van der Waals surface area contributed by atoms with Gasteiger partial charge in [-0.3, -0.25) is 0 Å². The standard InChI is InChI=1S/C14H13BrClNO2/c15-8-1-3-12-10(5-8)14(17,7-18)11-6-9(16)2-4-13(11)19-12/h1,3,5-6,18H,2,4,7,17H2. The molecule has 3 N–H and O–H groups in total. The molecule has 0 spiro atoms. The molecule has 0 saturated heterocycles. The largest absolute Gasteiger partial charge is 0.461 e. The van der Waals surface area contributed by atoms with Crippen LogP contribution in [-0.4, -0.2) is 11.7 Å². The fraction of sp³-hybridized carbons (Fsp3) is 0.286. The molecule has 5 heteroatoms.